The van der Waals surface area contributed by atoms with Crippen molar-refractivity contribution in [3.63, 3.8) is 0 Å². The molecule has 2 aliphatic heterocycles. The molecule has 1 aliphatic carbocycles. The Kier molecular flexibility index (Phi) is 11.7. The molecule has 2 aromatic rings. The first-order chi connectivity index (χ1) is 23.9. The van der Waals surface area contributed by atoms with Crippen LogP contribution in [0.2, 0.25) is 0 Å². The lowest BCUT2D eigenvalue weighted by Crippen LogP contribution is -2.44. The summed E-state index contributed by atoms with van der Waals surface area (Å²) >= 11 is 0. The summed E-state index contributed by atoms with van der Waals surface area (Å²) in [6, 6.07) is 12.8. The Morgan fingerprint density at radius 2 is 1.84 bits per heavy atom. The number of allylic oxidation sites excluding steroid dienone is 6. The van der Waals surface area contributed by atoms with Gasteiger partial charge in [0.05, 0.1) is 18.0 Å². The molecule has 5 rings (SSSR count). The second kappa shape index (κ2) is 16.1. The summed E-state index contributed by atoms with van der Waals surface area (Å²) in [6.07, 6.45) is 11.1. The van der Waals surface area contributed by atoms with Gasteiger partial charge in [-0.1, -0.05) is 56.9 Å². The Morgan fingerprint density at radius 3 is 2.52 bits per heavy atom. The number of nitrogens with one attached hydrogen (secondary N) is 1. The van der Waals surface area contributed by atoms with E-state index in [0.717, 1.165) is 65.3 Å². The number of aliphatic imine (C=N–C) groups is 1. The molecule has 0 spiro atoms. The third kappa shape index (κ3) is 8.75. The number of fused-ring (bicyclic) bond motifs is 1. The van der Waals surface area contributed by atoms with E-state index in [1.54, 1.807) is 39.1 Å². The fourth-order valence-corrected chi connectivity index (χ4v) is 6.18. The molecular weight excluding hydrogens is 631 g/mol. The molecule has 0 bridgehead atoms. The van der Waals surface area contributed by atoms with Crippen LogP contribution in [0.15, 0.2) is 101 Å². The first-order valence-corrected chi connectivity index (χ1v) is 17.3. The molecule has 1 saturated heterocycles. The number of likely N-dealkylation sites (N-methyl/N-ethyl adjacent to an activating group) is 1. The van der Waals surface area contributed by atoms with Crippen molar-refractivity contribution in [1.82, 2.24) is 9.80 Å². The van der Waals surface area contributed by atoms with Crippen LogP contribution in [0.5, 0.6) is 5.75 Å². The highest BCUT2D eigenvalue weighted by molar-refractivity contribution is 6.25. The fourth-order valence-electron chi connectivity index (χ4n) is 6.18. The minimum Gasteiger partial charge on any atom is -0.457 e. The zero-order valence-electron chi connectivity index (χ0n) is 29.7. The van der Waals surface area contributed by atoms with Crippen LogP contribution in [0.3, 0.4) is 0 Å². The van der Waals surface area contributed by atoms with Crippen molar-refractivity contribution in [2.45, 2.75) is 59.7 Å². The van der Waals surface area contributed by atoms with E-state index in [1.807, 2.05) is 54.4 Å². The summed E-state index contributed by atoms with van der Waals surface area (Å²) < 4.78 is 19.3. The van der Waals surface area contributed by atoms with Gasteiger partial charge in [-0.25, -0.2) is 0 Å². The first-order valence-electron chi connectivity index (χ1n) is 17.3. The summed E-state index contributed by atoms with van der Waals surface area (Å²) in [7, 11) is 1.63. The van der Waals surface area contributed by atoms with Gasteiger partial charge in [-0.15, -0.1) is 0 Å². The second-order valence-electron chi connectivity index (χ2n) is 13.6. The lowest BCUT2D eigenvalue weighted by Gasteiger charge is -2.31. The molecular formula is C41H47FN4O4. The van der Waals surface area contributed by atoms with Gasteiger partial charge in [0, 0.05) is 61.1 Å². The van der Waals surface area contributed by atoms with Crippen LogP contribution in [-0.2, 0) is 9.59 Å². The average molecular weight is 679 g/mol. The van der Waals surface area contributed by atoms with Gasteiger partial charge in [0.2, 0.25) is 11.8 Å². The predicted octanol–water partition coefficient (Wildman–Crippen LogP) is 7.85. The van der Waals surface area contributed by atoms with E-state index >= 15 is 0 Å². The van der Waals surface area contributed by atoms with E-state index in [4.69, 9.17) is 9.73 Å². The van der Waals surface area contributed by atoms with Gasteiger partial charge in [0.15, 0.2) is 5.78 Å². The number of ketones is 1. The predicted molar refractivity (Wildman–Crippen MR) is 198 cm³/mol. The van der Waals surface area contributed by atoms with Crippen LogP contribution in [0.4, 0.5) is 10.1 Å². The molecule has 0 radical (unpaired) electrons. The third-order valence-electron chi connectivity index (χ3n) is 9.41. The average Bonchev–Trinajstić information content (AvgIpc) is 3.49. The zero-order chi connectivity index (χ0) is 35.9. The molecule has 2 unspecified atom stereocenters. The number of carbonyl (C=O) groups excluding carboxylic acids is 3. The van der Waals surface area contributed by atoms with E-state index in [9.17, 15) is 18.8 Å². The van der Waals surface area contributed by atoms with E-state index in [1.165, 1.54) is 4.90 Å². The standard InChI is InChI=1S/C41H47FN4O4/c1-26(2)41(42)50-32-15-12-30(13-16-32)35-24-43-39-34(35)10-8-7-9-11-36(39)44-31-14-17-33(28(4)22-31)40(49)29(5)23-37(47)45(6)25-38(48)46-20-18-27(3)19-21-46/h7-8,10-17,22,24,27,29,41,44H,1,9,18-21,23,25H2,2-6H3/b8-7-,34-10?,36-11-. The number of benzene rings is 2. The van der Waals surface area contributed by atoms with Gasteiger partial charge in [0.25, 0.3) is 6.36 Å². The molecule has 1 fully saturated rings. The number of piperidine rings is 1. The number of aryl methyl sites for hydroxylation is 1. The number of Topliss-reactive ketones (excluding diaryl/α,β-unsaturated/α-hetero) is 1. The molecule has 2 aromatic carbocycles. The number of rotatable bonds is 12. The monoisotopic (exact) mass is 678 g/mol. The molecule has 2 heterocycles. The van der Waals surface area contributed by atoms with Gasteiger partial charge in [-0.3, -0.25) is 19.4 Å². The second-order valence-corrected chi connectivity index (χ2v) is 13.6. The number of carbonyl (C=O) groups is 3. The molecule has 9 heteroatoms. The number of ether oxygens (including phenoxy) is 1. The van der Waals surface area contributed by atoms with E-state index in [-0.39, 0.29) is 30.6 Å². The smallest absolute Gasteiger partial charge is 0.259 e. The summed E-state index contributed by atoms with van der Waals surface area (Å²) in [5, 5.41) is 3.51. The highest BCUT2D eigenvalue weighted by Crippen LogP contribution is 2.34. The van der Waals surface area contributed by atoms with E-state index < -0.39 is 12.3 Å². The first kappa shape index (κ1) is 36.2. The van der Waals surface area contributed by atoms with Crippen LogP contribution in [0, 0.1) is 18.8 Å². The summed E-state index contributed by atoms with van der Waals surface area (Å²) in [6.45, 7) is 12.5. The summed E-state index contributed by atoms with van der Waals surface area (Å²) in [4.78, 5) is 47.3. The van der Waals surface area contributed by atoms with Crippen LogP contribution in [0.25, 0.3) is 5.57 Å². The van der Waals surface area contributed by atoms with E-state index in [2.05, 4.69) is 31.0 Å². The van der Waals surface area contributed by atoms with E-state index in [0.29, 0.717) is 29.2 Å². The Labute approximate surface area is 294 Å². The number of alkyl halides is 1. The Hall–Kier alpha value is -5.05. The van der Waals surface area contributed by atoms with Gasteiger partial charge in [-0.2, -0.15) is 4.39 Å². The lowest BCUT2D eigenvalue weighted by molar-refractivity contribution is -0.140. The quantitative estimate of drug-likeness (QED) is 0.182. The lowest BCUT2D eigenvalue weighted by atomic mass is 9.92. The number of anilines is 1. The largest absolute Gasteiger partial charge is 0.457 e. The van der Waals surface area contributed by atoms with Crippen molar-refractivity contribution in [1.29, 1.82) is 0 Å². The third-order valence-corrected chi connectivity index (χ3v) is 9.41. The van der Waals surface area contributed by atoms with Crippen molar-refractivity contribution in [3.05, 3.63) is 113 Å². The van der Waals surface area contributed by atoms with Gasteiger partial charge in [-0.05, 0) is 86.1 Å². The van der Waals surface area contributed by atoms with Crippen LogP contribution >= 0.6 is 0 Å². The minimum atomic E-state index is -1.56. The number of amides is 2. The SMILES string of the molecule is C=C(C)C(F)Oc1ccc(C2=CN=C3C2=C/C=C\C/C=C/3Nc2ccc(C(=O)C(C)CC(=O)N(C)CC(=O)N3CCC(C)CC3)c(C)c2)cc1. The van der Waals surface area contributed by atoms with Crippen LogP contribution in [-0.4, -0.2) is 66.1 Å². The highest BCUT2D eigenvalue weighted by atomic mass is 19.1. The van der Waals surface area contributed by atoms with Crippen molar-refractivity contribution in [2.24, 2.45) is 16.8 Å². The molecule has 2 amide bonds. The maximum absolute atomic E-state index is 14.0. The topological polar surface area (TPSA) is 91.3 Å². The Balaban J connectivity index is 1.20. The van der Waals surface area contributed by atoms with Crippen LogP contribution in [0.1, 0.15) is 67.9 Å². The highest BCUT2D eigenvalue weighted by Gasteiger charge is 2.27. The number of hydrogen-bond donors (Lipinski definition) is 1. The molecule has 2 atom stereocenters. The number of likely N-dealkylation sites (tertiary alicyclic amines) is 1. The molecule has 50 heavy (non-hydrogen) atoms. The number of halogens is 1. The molecule has 1 N–H and O–H groups in total. The zero-order valence-corrected chi connectivity index (χ0v) is 29.7. The van der Waals surface area contributed by atoms with Gasteiger partial charge in [0.1, 0.15) is 5.75 Å². The maximum atomic E-state index is 14.0. The Bertz CT molecular complexity index is 1790. The van der Waals surface area contributed by atoms with Crippen molar-refractivity contribution in [2.75, 3.05) is 32.0 Å². The normalized spacial score (nSPS) is 18.9. The van der Waals surface area contributed by atoms with Gasteiger partial charge >= 0.3 is 0 Å². The van der Waals surface area contributed by atoms with Crippen molar-refractivity contribution < 1.29 is 23.5 Å². The number of nitrogens with zero attached hydrogens (tertiary/aromatic N) is 3. The molecule has 8 nitrogen and oxygen atoms in total. The van der Waals surface area contributed by atoms with Crippen LogP contribution < -0.4 is 10.1 Å². The molecule has 262 valence electrons. The summed E-state index contributed by atoms with van der Waals surface area (Å²) in [5.74, 6) is 0.113. The molecule has 0 aromatic heterocycles. The van der Waals surface area contributed by atoms with Crippen molar-refractivity contribution in [3.8, 4) is 5.75 Å². The fraction of sp³-hybridized carbons (Fsp3) is 0.366. The molecule has 0 saturated carbocycles. The maximum Gasteiger partial charge on any atom is 0.259 e. The molecule has 3 aliphatic rings. The number of hydrogen-bond acceptors (Lipinski definition) is 6. The summed E-state index contributed by atoms with van der Waals surface area (Å²) in [5.41, 5.74) is 6.88. The minimum absolute atomic E-state index is 0.0241. The Morgan fingerprint density at radius 1 is 1.12 bits per heavy atom. The van der Waals surface area contributed by atoms with Crippen molar-refractivity contribution >= 4 is 34.6 Å². The van der Waals surface area contributed by atoms with Gasteiger partial charge < -0.3 is 19.9 Å².